The summed E-state index contributed by atoms with van der Waals surface area (Å²) in [5.41, 5.74) is -1.99. The van der Waals surface area contributed by atoms with Crippen molar-refractivity contribution in [2.45, 2.75) is 115 Å². The van der Waals surface area contributed by atoms with Crippen LogP contribution in [0.5, 0.6) is 11.6 Å². The van der Waals surface area contributed by atoms with Gasteiger partial charge in [0.05, 0.1) is 42.7 Å². The average Bonchev–Trinajstić information content (AvgIpc) is 4.01. The largest absolute Gasteiger partial charge is 0.497 e. The van der Waals surface area contributed by atoms with Crippen LogP contribution in [0, 0.1) is 29.1 Å². The van der Waals surface area contributed by atoms with Crippen molar-refractivity contribution in [1.29, 1.82) is 0 Å². The number of fused-ring (bicyclic) bond motifs is 3. The average molecular weight is 752 g/mol. The molecule has 7 atom stereocenters. The number of nitrogens with zero attached hydrogens (tertiary/aromatic N) is 2. The van der Waals surface area contributed by atoms with Crippen molar-refractivity contribution in [3.05, 3.63) is 42.6 Å². The number of carbonyl (C=O) groups excluding carboxylic acids is 4. The van der Waals surface area contributed by atoms with E-state index >= 15 is 0 Å². The molecule has 3 fully saturated rings. The number of ketones is 1. The summed E-state index contributed by atoms with van der Waals surface area (Å²) in [6.45, 7) is 9.45. The topological polar surface area (TPSA) is 158 Å². The zero-order valence-corrected chi connectivity index (χ0v) is 32.4. The van der Waals surface area contributed by atoms with Crippen molar-refractivity contribution in [2.75, 3.05) is 13.7 Å². The van der Waals surface area contributed by atoms with Crippen molar-refractivity contribution in [1.82, 2.24) is 14.6 Å². The third-order valence-electron chi connectivity index (χ3n) is 11.2. The van der Waals surface area contributed by atoms with Gasteiger partial charge in [0.15, 0.2) is 5.78 Å². The van der Waals surface area contributed by atoms with Gasteiger partial charge in [-0.2, -0.15) is 0 Å². The second-order valence-corrected chi connectivity index (χ2v) is 18.6. The highest BCUT2D eigenvalue weighted by Crippen LogP contribution is 2.57. The van der Waals surface area contributed by atoms with Gasteiger partial charge in [0.1, 0.15) is 17.5 Å². The molecule has 53 heavy (non-hydrogen) atoms. The lowest BCUT2D eigenvalue weighted by Gasteiger charge is -2.32. The summed E-state index contributed by atoms with van der Waals surface area (Å²) in [4.78, 5) is 62.4. The highest BCUT2D eigenvalue weighted by molar-refractivity contribution is 7.90. The van der Waals surface area contributed by atoms with Crippen LogP contribution >= 0.6 is 0 Å². The minimum atomic E-state index is -3.85. The molecular weight excluding hydrogens is 699 g/mol. The molecule has 2 amide bonds. The first-order valence-electron chi connectivity index (χ1n) is 18.9. The maximum atomic E-state index is 14.8. The number of aromatic nitrogens is 1. The number of hydrogen-bond donors (Lipinski definition) is 1. The molecule has 288 valence electrons. The van der Waals surface area contributed by atoms with E-state index in [-0.39, 0.29) is 55.3 Å². The normalized spacial score (nSPS) is 30.3. The van der Waals surface area contributed by atoms with Gasteiger partial charge in [0, 0.05) is 24.4 Å². The molecule has 2 aliphatic heterocycles. The molecule has 4 aliphatic rings. The number of amides is 2. The highest BCUT2D eigenvalue weighted by atomic mass is 32.2. The fourth-order valence-electron chi connectivity index (χ4n) is 7.88. The van der Waals surface area contributed by atoms with Crippen molar-refractivity contribution >= 4 is 44.4 Å². The molecule has 0 radical (unpaired) electrons. The number of carbonyl (C=O) groups is 4. The molecule has 1 saturated heterocycles. The first-order chi connectivity index (χ1) is 25.0. The van der Waals surface area contributed by atoms with Crippen LogP contribution in [0.25, 0.3) is 10.8 Å². The Kier molecular flexibility index (Phi) is 11.0. The van der Waals surface area contributed by atoms with E-state index < -0.39 is 56.2 Å². The Morgan fingerprint density at radius 1 is 1.06 bits per heavy atom. The van der Waals surface area contributed by atoms with E-state index in [2.05, 4.69) is 16.6 Å². The van der Waals surface area contributed by atoms with E-state index in [1.807, 2.05) is 37.3 Å². The number of hydrogen-bond acceptors (Lipinski definition) is 10. The Balaban J connectivity index is 1.34. The van der Waals surface area contributed by atoms with Gasteiger partial charge in [0.2, 0.25) is 27.7 Å². The predicted octanol–water partition coefficient (Wildman–Crippen LogP) is 5.53. The number of Topliss-reactive ketones (excluding diaryl/α,β-unsaturated/α-hetero) is 1. The Morgan fingerprint density at radius 3 is 2.51 bits per heavy atom. The van der Waals surface area contributed by atoms with Gasteiger partial charge >= 0.3 is 5.97 Å². The minimum Gasteiger partial charge on any atom is -0.497 e. The number of benzene rings is 1. The van der Waals surface area contributed by atoms with Crippen LogP contribution in [0.4, 0.5) is 0 Å². The van der Waals surface area contributed by atoms with Gasteiger partial charge in [0.25, 0.3) is 0 Å². The molecule has 1 aromatic carbocycles. The Bertz CT molecular complexity index is 1880. The summed E-state index contributed by atoms with van der Waals surface area (Å²) in [6, 6.07) is 6.40. The summed E-state index contributed by atoms with van der Waals surface area (Å²) >= 11 is 0. The zero-order valence-electron chi connectivity index (χ0n) is 31.6. The van der Waals surface area contributed by atoms with Crippen LogP contribution in [-0.4, -0.2) is 78.5 Å². The van der Waals surface area contributed by atoms with Crippen molar-refractivity contribution in [3.8, 4) is 11.6 Å². The molecule has 12 nitrogen and oxygen atoms in total. The van der Waals surface area contributed by atoms with E-state index in [0.717, 1.165) is 23.6 Å². The standard InChI is InChI=1S/C40H53N3O9S/c1-24-8-7-9-25(2)32(20-35(45)52-39(3,4)5)37(46)43-23-29(51-36-31-15-12-28(50-6)18-26(31)16-17-41-36)19-33(43)34(44)22-40(21-27(40)11-10-24)38(47)42-53(48,49)30-13-14-30/h10-12,15-18,24-25,27,29-30,32-33H,7-9,13-14,19-23H2,1-6H3,(H,42,47)/b11-10-/t24-,25-,27-,29-,32+,33+,40-/m1/s1. The van der Waals surface area contributed by atoms with Gasteiger partial charge in [-0.25, -0.2) is 13.4 Å². The van der Waals surface area contributed by atoms with Crippen molar-refractivity contribution in [2.24, 2.45) is 29.1 Å². The van der Waals surface area contributed by atoms with Crippen LogP contribution in [0.1, 0.15) is 92.4 Å². The Hall–Kier alpha value is -4.00. The van der Waals surface area contributed by atoms with Crippen LogP contribution in [0.2, 0.25) is 0 Å². The molecule has 0 bridgehead atoms. The maximum absolute atomic E-state index is 14.8. The number of sulfonamides is 1. The van der Waals surface area contributed by atoms with E-state index in [0.29, 0.717) is 37.3 Å². The lowest BCUT2D eigenvalue weighted by Crippen LogP contribution is -2.47. The first kappa shape index (κ1) is 38.7. The SMILES string of the molecule is COc1ccc2c(O[C@@H]3C[C@H]4C(=O)C[C@]5(C(=O)NS(=O)(=O)C6CC6)C[C@H]5/C=C\[C@H](C)CCC[C@@H](C)[C@H](CC(=O)OC(C)(C)C)C(=O)N4C3)nccc2c1. The molecule has 2 aliphatic carbocycles. The lowest BCUT2D eigenvalue weighted by atomic mass is 9.84. The highest BCUT2D eigenvalue weighted by Gasteiger charge is 2.61. The first-order valence-corrected chi connectivity index (χ1v) is 20.4. The molecule has 13 heteroatoms. The molecule has 0 unspecified atom stereocenters. The zero-order chi connectivity index (χ0) is 38.3. The van der Waals surface area contributed by atoms with Gasteiger partial charge in [-0.05, 0) is 100 Å². The summed E-state index contributed by atoms with van der Waals surface area (Å²) in [5, 5.41) is 0.986. The van der Waals surface area contributed by atoms with Crippen molar-refractivity contribution < 1.29 is 41.8 Å². The summed E-state index contributed by atoms with van der Waals surface area (Å²) in [6.07, 6.45) is 8.40. The number of allylic oxidation sites excluding steroid dienone is 2. The van der Waals surface area contributed by atoms with Gasteiger partial charge in [-0.3, -0.25) is 23.9 Å². The second-order valence-electron chi connectivity index (χ2n) is 16.6. The smallest absolute Gasteiger partial charge is 0.307 e. The van der Waals surface area contributed by atoms with E-state index in [4.69, 9.17) is 14.2 Å². The quantitative estimate of drug-likeness (QED) is 0.269. The number of nitrogens with one attached hydrogen (secondary N) is 1. The molecule has 0 spiro atoms. The fraction of sp³-hybridized carbons (Fsp3) is 0.625. The van der Waals surface area contributed by atoms with Crippen LogP contribution < -0.4 is 14.2 Å². The number of methoxy groups -OCH3 is 1. The number of rotatable bonds is 8. The van der Waals surface area contributed by atoms with Crippen molar-refractivity contribution in [3.63, 3.8) is 0 Å². The van der Waals surface area contributed by atoms with Gasteiger partial charge in [-0.15, -0.1) is 0 Å². The third-order valence-corrected chi connectivity index (χ3v) is 13.0. The molecule has 3 heterocycles. The van der Waals surface area contributed by atoms with Crippen LogP contribution in [-0.2, 0) is 33.9 Å². The predicted molar refractivity (Wildman–Crippen MR) is 198 cm³/mol. The monoisotopic (exact) mass is 751 g/mol. The second kappa shape index (κ2) is 15.0. The molecule has 1 aromatic heterocycles. The minimum absolute atomic E-state index is 0.0661. The molecule has 1 N–H and O–H groups in total. The van der Waals surface area contributed by atoms with E-state index in [1.165, 1.54) is 4.90 Å². The van der Waals surface area contributed by atoms with Crippen LogP contribution in [0.15, 0.2) is 42.6 Å². The summed E-state index contributed by atoms with van der Waals surface area (Å²) in [7, 11) is -2.26. The molecular formula is C40H53N3O9S. The van der Waals surface area contributed by atoms with Gasteiger partial charge < -0.3 is 19.1 Å². The number of pyridine rings is 1. The summed E-state index contributed by atoms with van der Waals surface area (Å²) < 4.78 is 45.6. The number of ether oxygens (including phenoxy) is 3. The Labute approximate surface area is 312 Å². The third kappa shape index (κ3) is 8.87. The van der Waals surface area contributed by atoms with Gasteiger partial charge in [-0.1, -0.05) is 32.4 Å². The number of esters is 1. The van der Waals surface area contributed by atoms with E-state index in [1.54, 1.807) is 40.1 Å². The summed E-state index contributed by atoms with van der Waals surface area (Å²) in [5.74, 6) is -1.94. The van der Waals surface area contributed by atoms with Crippen LogP contribution in [0.3, 0.4) is 0 Å². The fourth-order valence-corrected chi connectivity index (χ4v) is 9.27. The maximum Gasteiger partial charge on any atom is 0.307 e. The molecule has 2 saturated carbocycles. The molecule has 6 rings (SSSR count). The van der Waals surface area contributed by atoms with E-state index in [9.17, 15) is 27.6 Å². The lowest BCUT2D eigenvalue weighted by molar-refractivity contribution is -0.159. The Morgan fingerprint density at radius 2 is 1.81 bits per heavy atom. The molecule has 2 aromatic rings.